The number of methoxy groups -OCH3 is 2. The van der Waals surface area contributed by atoms with E-state index in [9.17, 15) is 0 Å². The molecule has 0 aliphatic rings. The quantitative estimate of drug-likeness (QED) is 0.757. The van der Waals surface area contributed by atoms with Crippen LogP contribution in [0.3, 0.4) is 0 Å². The van der Waals surface area contributed by atoms with Gasteiger partial charge in [0.05, 0.1) is 13.7 Å². The molecule has 0 amide bonds. The lowest BCUT2D eigenvalue weighted by Gasteiger charge is -2.27. The molecule has 1 unspecified atom stereocenters. The third kappa shape index (κ3) is 4.29. The molecule has 0 aliphatic carbocycles. The van der Waals surface area contributed by atoms with Gasteiger partial charge in [-0.05, 0) is 20.2 Å². The zero-order valence-corrected chi connectivity index (χ0v) is 11.8. The molecular weight excluding hydrogens is 228 g/mol. The number of nitrogens with zero attached hydrogens (tertiary/aromatic N) is 1. The Morgan fingerprint density at radius 1 is 1.28 bits per heavy atom. The molecule has 1 N–H and O–H groups in total. The summed E-state index contributed by atoms with van der Waals surface area (Å²) in [7, 11) is 7.51. The number of likely N-dealkylation sites (N-methyl/N-ethyl adjacent to an activating group) is 2. The van der Waals surface area contributed by atoms with Gasteiger partial charge in [0.25, 0.3) is 0 Å². The maximum Gasteiger partial charge on any atom is 0.123 e. The molecule has 18 heavy (non-hydrogen) atoms. The van der Waals surface area contributed by atoms with Gasteiger partial charge < -0.3 is 14.8 Å². The minimum atomic E-state index is 0.352. The number of para-hydroxylation sites is 1. The molecule has 4 nitrogen and oxygen atoms in total. The van der Waals surface area contributed by atoms with Gasteiger partial charge in [0.15, 0.2) is 0 Å². The second kappa shape index (κ2) is 8.08. The van der Waals surface area contributed by atoms with Crippen LogP contribution in [0.5, 0.6) is 5.75 Å². The predicted octanol–water partition coefficient (Wildman–Crippen LogP) is 1.36. The van der Waals surface area contributed by atoms with Crippen LogP contribution in [0.15, 0.2) is 24.3 Å². The number of benzene rings is 1. The minimum absolute atomic E-state index is 0.352. The maximum atomic E-state index is 5.37. The van der Waals surface area contributed by atoms with Crippen LogP contribution < -0.4 is 10.1 Å². The van der Waals surface area contributed by atoms with Crippen LogP contribution in [-0.2, 0) is 11.3 Å². The molecule has 0 aromatic heterocycles. The van der Waals surface area contributed by atoms with Crippen LogP contribution in [0, 0.1) is 0 Å². The van der Waals surface area contributed by atoms with Gasteiger partial charge >= 0.3 is 0 Å². The minimum Gasteiger partial charge on any atom is -0.496 e. The number of hydrogen-bond donors (Lipinski definition) is 1. The average Bonchev–Trinajstić information content (AvgIpc) is 2.39. The Balaban J connectivity index is 2.68. The van der Waals surface area contributed by atoms with Gasteiger partial charge in [-0.25, -0.2) is 0 Å². The lowest BCUT2D eigenvalue weighted by Crippen LogP contribution is -2.41. The average molecular weight is 252 g/mol. The number of ether oxygens (including phenoxy) is 2. The van der Waals surface area contributed by atoms with Crippen molar-refractivity contribution >= 4 is 0 Å². The zero-order valence-electron chi connectivity index (χ0n) is 11.8. The normalized spacial score (nSPS) is 12.7. The Labute approximate surface area is 110 Å². The van der Waals surface area contributed by atoms with E-state index in [1.54, 1.807) is 14.2 Å². The molecule has 0 spiro atoms. The summed E-state index contributed by atoms with van der Waals surface area (Å²) in [5.74, 6) is 0.935. The van der Waals surface area contributed by atoms with E-state index >= 15 is 0 Å². The highest BCUT2D eigenvalue weighted by atomic mass is 16.5. The van der Waals surface area contributed by atoms with Crippen molar-refractivity contribution in [1.82, 2.24) is 10.2 Å². The first-order valence-corrected chi connectivity index (χ1v) is 6.18. The van der Waals surface area contributed by atoms with Gasteiger partial charge in [-0.1, -0.05) is 18.2 Å². The lowest BCUT2D eigenvalue weighted by molar-refractivity contribution is 0.102. The van der Waals surface area contributed by atoms with E-state index in [1.165, 1.54) is 5.56 Å². The van der Waals surface area contributed by atoms with Crippen LogP contribution in [0.4, 0.5) is 0 Å². The SMILES string of the molecule is CNCC(COC)N(C)Cc1ccccc1OC. The first-order valence-electron chi connectivity index (χ1n) is 6.18. The van der Waals surface area contributed by atoms with Crippen LogP contribution in [-0.4, -0.2) is 52.4 Å². The maximum absolute atomic E-state index is 5.37. The van der Waals surface area contributed by atoms with E-state index in [-0.39, 0.29) is 0 Å². The third-order valence-electron chi connectivity index (χ3n) is 3.03. The van der Waals surface area contributed by atoms with E-state index < -0.39 is 0 Å². The molecule has 0 aliphatic heterocycles. The molecule has 1 aromatic rings. The van der Waals surface area contributed by atoms with Crippen LogP contribution in [0.25, 0.3) is 0 Å². The van der Waals surface area contributed by atoms with Gasteiger partial charge in [-0.15, -0.1) is 0 Å². The van der Waals surface area contributed by atoms with E-state index in [2.05, 4.69) is 23.3 Å². The van der Waals surface area contributed by atoms with E-state index in [4.69, 9.17) is 9.47 Å². The van der Waals surface area contributed by atoms with Crippen molar-refractivity contribution in [2.75, 3.05) is 41.5 Å². The van der Waals surface area contributed by atoms with Crippen LogP contribution in [0.2, 0.25) is 0 Å². The van der Waals surface area contributed by atoms with Crippen molar-refractivity contribution in [1.29, 1.82) is 0 Å². The molecular formula is C14H24N2O2. The fourth-order valence-electron chi connectivity index (χ4n) is 2.00. The summed E-state index contributed by atoms with van der Waals surface area (Å²) in [6.07, 6.45) is 0. The van der Waals surface area contributed by atoms with Crippen molar-refractivity contribution in [2.24, 2.45) is 0 Å². The second-order valence-electron chi connectivity index (χ2n) is 4.39. The molecule has 102 valence electrons. The highest BCUT2D eigenvalue weighted by Crippen LogP contribution is 2.19. The molecule has 0 saturated carbocycles. The highest BCUT2D eigenvalue weighted by molar-refractivity contribution is 5.33. The molecule has 1 atom stereocenters. The summed E-state index contributed by atoms with van der Waals surface area (Å²) in [6, 6.07) is 8.47. The fourth-order valence-corrected chi connectivity index (χ4v) is 2.00. The predicted molar refractivity (Wildman–Crippen MR) is 74.1 cm³/mol. The summed E-state index contributed by atoms with van der Waals surface area (Å²) < 4.78 is 10.6. The molecule has 0 bridgehead atoms. The Morgan fingerprint density at radius 3 is 2.61 bits per heavy atom. The zero-order chi connectivity index (χ0) is 13.4. The highest BCUT2D eigenvalue weighted by Gasteiger charge is 2.15. The third-order valence-corrected chi connectivity index (χ3v) is 3.03. The van der Waals surface area contributed by atoms with Gasteiger partial charge in [0.2, 0.25) is 0 Å². The Kier molecular flexibility index (Phi) is 6.72. The van der Waals surface area contributed by atoms with Crippen molar-refractivity contribution in [3.63, 3.8) is 0 Å². The van der Waals surface area contributed by atoms with E-state index in [0.29, 0.717) is 12.6 Å². The number of rotatable bonds is 8. The first kappa shape index (κ1) is 15.0. The fraction of sp³-hybridized carbons (Fsp3) is 0.571. The molecule has 0 fully saturated rings. The molecule has 4 heteroatoms. The van der Waals surface area contributed by atoms with Crippen molar-refractivity contribution in [2.45, 2.75) is 12.6 Å². The van der Waals surface area contributed by atoms with E-state index in [1.807, 2.05) is 25.2 Å². The van der Waals surface area contributed by atoms with Crippen LogP contribution in [0.1, 0.15) is 5.56 Å². The molecule has 0 radical (unpaired) electrons. The Hall–Kier alpha value is -1.10. The molecule has 0 saturated heterocycles. The summed E-state index contributed by atoms with van der Waals surface area (Å²) in [5, 5.41) is 3.19. The van der Waals surface area contributed by atoms with Crippen LogP contribution >= 0.6 is 0 Å². The molecule has 1 rings (SSSR count). The van der Waals surface area contributed by atoms with Crippen molar-refractivity contribution < 1.29 is 9.47 Å². The topological polar surface area (TPSA) is 33.7 Å². The van der Waals surface area contributed by atoms with Crippen molar-refractivity contribution in [3.05, 3.63) is 29.8 Å². The Morgan fingerprint density at radius 2 is 2.00 bits per heavy atom. The number of nitrogens with one attached hydrogen (secondary N) is 1. The second-order valence-corrected chi connectivity index (χ2v) is 4.39. The number of hydrogen-bond acceptors (Lipinski definition) is 4. The smallest absolute Gasteiger partial charge is 0.123 e. The van der Waals surface area contributed by atoms with Gasteiger partial charge in [-0.3, -0.25) is 4.90 Å². The van der Waals surface area contributed by atoms with Gasteiger partial charge in [0, 0.05) is 31.8 Å². The first-order chi connectivity index (χ1) is 8.72. The summed E-state index contributed by atoms with van der Waals surface area (Å²) >= 11 is 0. The molecule has 0 heterocycles. The standard InChI is InChI=1S/C14H24N2O2/c1-15-9-13(11-17-3)16(2)10-12-7-5-6-8-14(12)18-4/h5-8,13,15H,9-11H2,1-4H3. The Bertz CT molecular complexity index is 338. The lowest BCUT2D eigenvalue weighted by atomic mass is 10.1. The van der Waals surface area contributed by atoms with E-state index in [0.717, 1.165) is 18.8 Å². The largest absolute Gasteiger partial charge is 0.496 e. The van der Waals surface area contributed by atoms with Gasteiger partial charge in [-0.2, -0.15) is 0 Å². The summed E-state index contributed by atoms with van der Waals surface area (Å²) in [5.41, 5.74) is 1.19. The summed E-state index contributed by atoms with van der Waals surface area (Å²) in [6.45, 7) is 2.46. The molecule has 1 aromatic carbocycles. The van der Waals surface area contributed by atoms with Crippen molar-refractivity contribution in [3.8, 4) is 5.75 Å². The summed E-state index contributed by atoms with van der Waals surface area (Å²) in [4.78, 5) is 2.28. The van der Waals surface area contributed by atoms with Gasteiger partial charge in [0.1, 0.15) is 5.75 Å². The monoisotopic (exact) mass is 252 g/mol.